The van der Waals surface area contributed by atoms with E-state index in [1.54, 1.807) is 23.6 Å². The summed E-state index contributed by atoms with van der Waals surface area (Å²) in [6, 6.07) is 0.999. The molecular weight excluding hydrogens is 337 g/mol. The number of hydrogen-bond acceptors (Lipinski definition) is 5. The molecule has 1 aliphatic heterocycles. The normalized spacial score (nSPS) is 15.8. The first-order valence-corrected chi connectivity index (χ1v) is 8.20. The van der Waals surface area contributed by atoms with Crippen molar-refractivity contribution in [1.29, 1.82) is 0 Å². The maximum Gasteiger partial charge on any atom is 0.433 e. The molecule has 0 atom stereocenters. The lowest BCUT2D eigenvalue weighted by Crippen LogP contribution is -2.49. The lowest BCUT2D eigenvalue weighted by molar-refractivity contribution is -0.141. The zero-order valence-electron chi connectivity index (χ0n) is 14.6. The van der Waals surface area contributed by atoms with E-state index in [9.17, 15) is 18.0 Å². The predicted octanol–water partition coefficient (Wildman–Crippen LogP) is 2.30. The van der Waals surface area contributed by atoms with Gasteiger partial charge < -0.3 is 14.5 Å². The summed E-state index contributed by atoms with van der Waals surface area (Å²) in [4.78, 5) is 23.3. The van der Waals surface area contributed by atoms with Gasteiger partial charge in [0.15, 0.2) is 0 Å². The molecule has 140 valence electrons. The predicted molar refractivity (Wildman–Crippen MR) is 86.4 cm³/mol. The Bertz CT molecular complexity index is 600. The monoisotopic (exact) mass is 360 g/mol. The number of ether oxygens (including phenoxy) is 1. The molecule has 0 saturated carbocycles. The highest BCUT2D eigenvalue weighted by molar-refractivity contribution is 5.76. The Morgan fingerprint density at radius 3 is 2.40 bits per heavy atom. The lowest BCUT2D eigenvalue weighted by atomic mass is 10.1. The van der Waals surface area contributed by atoms with E-state index in [-0.39, 0.29) is 17.8 Å². The largest absolute Gasteiger partial charge is 0.433 e. The zero-order chi connectivity index (χ0) is 18.6. The molecule has 1 saturated heterocycles. The van der Waals surface area contributed by atoms with Crippen LogP contribution in [0.15, 0.2) is 6.07 Å². The van der Waals surface area contributed by atoms with Crippen LogP contribution >= 0.6 is 0 Å². The third kappa shape index (κ3) is 5.04. The fraction of sp³-hybridized carbons (Fsp3) is 0.688. The Labute approximate surface area is 145 Å². The van der Waals surface area contributed by atoms with Gasteiger partial charge in [-0.2, -0.15) is 13.2 Å². The van der Waals surface area contributed by atoms with Crippen LogP contribution in [0.1, 0.15) is 37.6 Å². The number of amides is 1. The SMILES string of the molecule is COCCC(=O)N1CCN(c2nc(C(C)C)cc(C(F)(F)F)n2)CC1. The maximum atomic E-state index is 13.1. The number of anilines is 1. The zero-order valence-corrected chi connectivity index (χ0v) is 14.6. The summed E-state index contributed by atoms with van der Waals surface area (Å²) >= 11 is 0. The van der Waals surface area contributed by atoms with Crippen molar-refractivity contribution in [2.24, 2.45) is 0 Å². The van der Waals surface area contributed by atoms with E-state index < -0.39 is 11.9 Å². The van der Waals surface area contributed by atoms with Crippen LogP contribution in [0.25, 0.3) is 0 Å². The van der Waals surface area contributed by atoms with Gasteiger partial charge in [-0.1, -0.05) is 13.8 Å². The summed E-state index contributed by atoms with van der Waals surface area (Å²) in [6.45, 7) is 5.60. The summed E-state index contributed by atoms with van der Waals surface area (Å²) in [7, 11) is 1.53. The smallest absolute Gasteiger partial charge is 0.384 e. The second kappa shape index (κ2) is 7.99. The highest BCUT2D eigenvalue weighted by Crippen LogP contribution is 2.30. The molecule has 0 radical (unpaired) electrons. The minimum absolute atomic E-state index is 0.0191. The number of carbonyl (C=O) groups is 1. The number of carbonyl (C=O) groups excluding carboxylic acids is 1. The molecule has 0 bridgehead atoms. The Balaban J connectivity index is 2.12. The standard InChI is InChI=1S/C16H23F3N4O2/c1-11(2)12-10-13(16(17,18)19)21-15(20-12)23-7-5-22(6-8-23)14(24)4-9-25-3/h10-11H,4-9H2,1-3H3. The van der Waals surface area contributed by atoms with E-state index in [0.717, 1.165) is 6.07 Å². The van der Waals surface area contributed by atoms with Gasteiger partial charge in [-0.3, -0.25) is 4.79 Å². The van der Waals surface area contributed by atoms with Crippen LogP contribution in [0.5, 0.6) is 0 Å². The highest BCUT2D eigenvalue weighted by Gasteiger charge is 2.35. The van der Waals surface area contributed by atoms with Crippen molar-refractivity contribution in [3.8, 4) is 0 Å². The van der Waals surface area contributed by atoms with E-state index in [1.165, 1.54) is 7.11 Å². The summed E-state index contributed by atoms with van der Waals surface area (Å²) in [5.74, 6) is -0.0865. The van der Waals surface area contributed by atoms with Gasteiger partial charge in [0, 0.05) is 39.0 Å². The number of rotatable bonds is 5. The van der Waals surface area contributed by atoms with E-state index in [0.29, 0.717) is 44.9 Å². The van der Waals surface area contributed by atoms with Gasteiger partial charge in [-0.05, 0) is 12.0 Å². The fourth-order valence-electron chi connectivity index (χ4n) is 2.54. The van der Waals surface area contributed by atoms with Crippen LogP contribution in [0.4, 0.5) is 19.1 Å². The number of piperazine rings is 1. The van der Waals surface area contributed by atoms with E-state index >= 15 is 0 Å². The molecule has 1 aliphatic rings. The van der Waals surface area contributed by atoms with E-state index in [1.807, 2.05) is 0 Å². The number of hydrogen-bond donors (Lipinski definition) is 0. The van der Waals surface area contributed by atoms with Crippen LogP contribution in [-0.2, 0) is 15.7 Å². The number of alkyl halides is 3. The molecule has 2 heterocycles. The number of aromatic nitrogens is 2. The summed E-state index contributed by atoms with van der Waals surface area (Å²) in [6.07, 6.45) is -4.21. The van der Waals surface area contributed by atoms with Crippen molar-refractivity contribution in [2.75, 3.05) is 44.8 Å². The molecule has 2 rings (SSSR count). The molecule has 1 aromatic heterocycles. The molecule has 0 aromatic carbocycles. The topological polar surface area (TPSA) is 58.6 Å². The highest BCUT2D eigenvalue weighted by atomic mass is 19.4. The van der Waals surface area contributed by atoms with Crippen LogP contribution in [0, 0.1) is 0 Å². The van der Waals surface area contributed by atoms with Gasteiger partial charge >= 0.3 is 6.18 Å². The Hall–Kier alpha value is -1.90. The molecular formula is C16H23F3N4O2. The molecule has 6 nitrogen and oxygen atoms in total. The van der Waals surface area contributed by atoms with Crippen LogP contribution in [0.3, 0.4) is 0 Å². The average Bonchev–Trinajstić information content (AvgIpc) is 2.58. The van der Waals surface area contributed by atoms with Crippen molar-refractivity contribution in [1.82, 2.24) is 14.9 Å². The molecule has 9 heteroatoms. The Morgan fingerprint density at radius 2 is 1.88 bits per heavy atom. The fourth-order valence-corrected chi connectivity index (χ4v) is 2.54. The first-order valence-electron chi connectivity index (χ1n) is 8.20. The van der Waals surface area contributed by atoms with Gasteiger partial charge in [0.25, 0.3) is 0 Å². The summed E-state index contributed by atoms with van der Waals surface area (Å²) in [5, 5.41) is 0. The van der Waals surface area contributed by atoms with Crippen molar-refractivity contribution in [3.63, 3.8) is 0 Å². The molecule has 25 heavy (non-hydrogen) atoms. The molecule has 0 spiro atoms. The van der Waals surface area contributed by atoms with Crippen molar-refractivity contribution < 1.29 is 22.7 Å². The second-order valence-corrected chi connectivity index (χ2v) is 6.24. The quantitative estimate of drug-likeness (QED) is 0.806. The molecule has 0 N–H and O–H groups in total. The third-order valence-electron chi connectivity index (χ3n) is 4.05. The van der Waals surface area contributed by atoms with Crippen LogP contribution in [0.2, 0.25) is 0 Å². The maximum absolute atomic E-state index is 13.1. The minimum atomic E-state index is -4.51. The Kier molecular flexibility index (Phi) is 6.21. The van der Waals surface area contributed by atoms with Crippen molar-refractivity contribution in [2.45, 2.75) is 32.4 Å². The molecule has 1 fully saturated rings. The van der Waals surface area contributed by atoms with Gasteiger partial charge in [0.05, 0.1) is 13.0 Å². The summed E-state index contributed by atoms with van der Waals surface area (Å²) in [5.41, 5.74) is -0.573. The molecule has 1 amide bonds. The van der Waals surface area contributed by atoms with Gasteiger partial charge in [0.2, 0.25) is 11.9 Å². The first-order chi connectivity index (χ1) is 11.7. The first kappa shape index (κ1) is 19.4. The van der Waals surface area contributed by atoms with E-state index in [2.05, 4.69) is 9.97 Å². The molecule has 0 unspecified atom stereocenters. The minimum Gasteiger partial charge on any atom is -0.384 e. The van der Waals surface area contributed by atoms with Crippen molar-refractivity contribution >= 4 is 11.9 Å². The Morgan fingerprint density at radius 1 is 1.24 bits per heavy atom. The number of halogens is 3. The molecule has 0 aliphatic carbocycles. The van der Waals surface area contributed by atoms with Crippen molar-refractivity contribution in [3.05, 3.63) is 17.5 Å². The summed E-state index contributed by atoms with van der Waals surface area (Å²) < 4.78 is 44.2. The van der Waals surface area contributed by atoms with Gasteiger partial charge in [-0.15, -0.1) is 0 Å². The van der Waals surface area contributed by atoms with Crippen LogP contribution in [-0.4, -0.2) is 60.7 Å². The second-order valence-electron chi connectivity index (χ2n) is 6.24. The molecule has 1 aromatic rings. The van der Waals surface area contributed by atoms with Gasteiger partial charge in [0.1, 0.15) is 5.69 Å². The lowest BCUT2D eigenvalue weighted by Gasteiger charge is -2.35. The average molecular weight is 360 g/mol. The third-order valence-corrected chi connectivity index (χ3v) is 4.05. The van der Waals surface area contributed by atoms with Gasteiger partial charge in [-0.25, -0.2) is 9.97 Å². The van der Waals surface area contributed by atoms with Crippen LogP contribution < -0.4 is 4.90 Å². The number of methoxy groups -OCH3 is 1. The van der Waals surface area contributed by atoms with E-state index in [4.69, 9.17) is 4.74 Å². The number of nitrogens with zero attached hydrogens (tertiary/aromatic N) is 4.